The first-order chi connectivity index (χ1) is 11.4. The second-order valence-electron chi connectivity index (χ2n) is 6.29. The molecule has 0 radical (unpaired) electrons. The number of nitrogens with one attached hydrogen (secondary N) is 1. The molecule has 3 nitrogen and oxygen atoms in total. The summed E-state index contributed by atoms with van der Waals surface area (Å²) in [6, 6.07) is 11.0. The van der Waals surface area contributed by atoms with Crippen molar-refractivity contribution in [1.82, 2.24) is 0 Å². The lowest BCUT2D eigenvalue weighted by molar-refractivity contribution is -0.692. The number of carbonyl (C=O) groups is 1. The predicted molar refractivity (Wildman–Crippen MR) is 90.5 cm³/mol. The lowest BCUT2D eigenvalue weighted by Gasteiger charge is -2.19. The molecule has 128 valence electrons. The lowest BCUT2D eigenvalue weighted by atomic mass is 9.96. The maximum atomic E-state index is 13.8. The highest BCUT2D eigenvalue weighted by Crippen LogP contribution is 2.18. The van der Waals surface area contributed by atoms with Crippen LogP contribution in [0, 0.1) is 24.5 Å². The predicted octanol–water partition coefficient (Wildman–Crippen LogP) is 3.17. The summed E-state index contributed by atoms with van der Waals surface area (Å²) in [6.07, 6.45) is 0. The first-order valence-corrected chi connectivity index (χ1v) is 8.01. The van der Waals surface area contributed by atoms with E-state index in [0.29, 0.717) is 0 Å². The van der Waals surface area contributed by atoms with Crippen LogP contribution in [-0.2, 0) is 4.79 Å². The van der Waals surface area contributed by atoms with E-state index >= 15 is 0 Å². The van der Waals surface area contributed by atoms with Gasteiger partial charge in [-0.3, -0.25) is 4.79 Å². The third-order valence-electron chi connectivity index (χ3n) is 3.93. The van der Waals surface area contributed by atoms with Crippen molar-refractivity contribution in [3.05, 3.63) is 65.2 Å². The summed E-state index contributed by atoms with van der Waals surface area (Å²) in [6.45, 7) is 6.04. The lowest BCUT2D eigenvalue weighted by Crippen LogP contribution is -2.88. The molecule has 0 heterocycles. The number of aryl methyl sites for hydroxylation is 1. The standard InChI is InChI=1S/C19H22F2N2O/c1-12(2)19(14-5-7-15(20)8-6-14)22-11-18(24)23-17-9-4-13(3)10-16(17)21/h4-10,12,19,22H,11H2,1-3H3,(H,23,24)/p+1/t19-/m0/s1. The first kappa shape index (κ1) is 18.1. The van der Waals surface area contributed by atoms with E-state index in [2.05, 4.69) is 5.32 Å². The van der Waals surface area contributed by atoms with Crippen molar-refractivity contribution in [3.63, 3.8) is 0 Å². The molecule has 0 saturated carbocycles. The van der Waals surface area contributed by atoms with Crippen LogP contribution in [0.15, 0.2) is 42.5 Å². The average molecular weight is 333 g/mol. The van der Waals surface area contributed by atoms with E-state index in [1.54, 1.807) is 31.2 Å². The molecule has 0 unspecified atom stereocenters. The Labute approximate surface area is 141 Å². The molecule has 0 saturated heterocycles. The minimum Gasteiger partial charge on any atom is -0.332 e. The Morgan fingerprint density at radius 1 is 1.12 bits per heavy atom. The molecule has 2 aromatic carbocycles. The van der Waals surface area contributed by atoms with Crippen molar-refractivity contribution < 1.29 is 18.9 Å². The van der Waals surface area contributed by atoms with Crippen LogP contribution in [0.2, 0.25) is 0 Å². The van der Waals surface area contributed by atoms with Crippen molar-refractivity contribution >= 4 is 11.6 Å². The SMILES string of the molecule is Cc1ccc(NC(=O)C[NH2+][C@H](c2ccc(F)cc2)C(C)C)c(F)c1. The van der Waals surface area contributed by atoms with Crippen LogP contribution in [0.3, 0.4) is 0 Å². The summed E-state index contributed by atoms with van der Waals surface area (Å²) in [4.78, 5) is 12.1. The molecule has 0 spiro atoms. The zero-order valence-electron chi connectivity index (χ0n) is 14.1. The highest BCUT2D eigenvalue weighted by molar-refractivity contribution is 5.91. The molecule has 2 aromatic rings. The summed E-state index contributed by atoms with van der Waals surface area (Å²) < 4.78 is 26.8. The quantitative estimate of drug-likeness (QED) is 0.838. The van der Waals surface area contributed by atoms with Crippen LogP contribution in [0.4, 0.5) is 14.5 Å². The molecule has 0 aliphatic rings. The van der Waals surface area contributed by atoms with E-state index in [1.165, 1.54) is 18.2 Å². The third-order valence-corrected chi connectivity index (χ3v) is 3.93. The highest BCUT2D eigenvalue weighted by atomic mass is 19.1. The fourth-order valence-electron chi connectivity index (χ4n) is 2.63. The van der Waals surface area contributed by atoms with Gasteiger partial charge in [0, 0.05) is 11.5 Å². The van der Waals surface area contributed by atoms with Crippen LogP contribution in [0.5, 0.6) is 0 Å². The van der Waals surface area contributed by atoms with Crippen LogP contribution < -0.4 is 10.6 Å². The molecular weight excluding hydrogens is 310 g/mol. The van der Waals surface area contributed by atoms with Crippen molar-refractivity contribution in [2.24, 2.45) is 5.92 Å². The molecule has 5 heteroatoms. The van der Waals surface area contributed by atoms with Crippen LogP contribution in [0.1, 0.15) is 31.0 Å². The Balaban J connectivity index is 1.98. The molecule has 0 fully saturated rings. The van der Waals surface area contributed by atoms with Crippen LogP contribution >= 0.6 is 0 Å². The van der Waals surface area contributed by atoms with Gasteiger partial charge in [-0.25, -0.2) is 8.78 Å². The van der Waals surface area contributed by atoms with Crippen molar-refractivity contribution in [1.29, 1.82) is 0 Å². The fourth-order valence-corrected chi connectivity index (χ4v) is 2.63. The molecule has 3 N–H and O–H groups in total. The number of hydrogen-bond donors (Lipinski definition) is 2. The summed E-state index contributed by atoms with van der Waals surface area (Å²) >= 11 is 0. The summed E-state index contributed by atoms with van der Waals surface area (Å²) in [7, 11) is 0. The summed E-state index contributed by atoms with van der Waals surface area (Å²) in [5.74, 6) is -0.735. The maximum absolute atomic E-state index is 13.8. The smallest absolute Gasteiger partial charge is 0.279 e. The Morgan fingerprint density at radius 2 is 1.79 bits per heavy atom. The number of halogens is 2. The minimum absolute atomic E-state index is 0.0271. The largest absolute Gasteiger partial charge is 0.332 e. The molecule has 0 aliphatic heterocycles. The van der Waals surface area contributed by atoms with Gasteiger partial charge < -0.3 is 10.6 Å². The molecule has 1 amide bonds. The summed E-state index contributed by atoms with van der Waals surface area (Å²) in [5, 5.41) is 4.48. The van der Waals surface area contributed by atoms with Gasteiger partial charge in [0.05, 0.1) is 5.69 Å². The zero-order chi connectivity index (χ0) is 17.7. The average Bonchev–Trinajstić information content (AvgIpc) is 2.52. The number of amides is 1. The van der Waals surface area contributed by atoms with Gasteiger partial charge in [-0.05, 0) is 36.8 Å². The fraction of sp³-hybridized carbons (Fsp3) is 0.316. The van der Waals surface area contributed by atoms with Crippen molar-refractivity contribution in [3.8, 4) is 0 Å². The number of benzene rings is 2. The summed E-state index contributed by atoms with van der Waals surface area (Å²) in [5.41, 5.74) is 1.94. The van der Waals surface area contributed by atoms with Gasteiger partial charge in [0.15, 0.2) is 6.54 Å². The first-order valence-electron chi connectivity index (χ1n) is 8.01. The van der Waals surface area contributed by atoms with Crippen molar-refractivity contribution in [2.45, 2.75) is 26.8 Å². The highest BCUT2D eigenvalue weighted by Gasteiger charge is 2.20. The van der Waals surface area contributed by atoms with Gasteiger partial charge >= 0.3 is 0 Å². The molecule has 2 rings (SSSR count). The van der Waals surface area contributed by atoms with E-state index < -0.39 is 5.82 Å². The zero-order valence-corrected chi connectivity index (χ0v) is 14.1. The Hall–Kier alpha value is -2.27. The number of quaternary nitrogens is 1. The second kappa shape index (κ2) is 8.02. The monoisotopic (exact) mass is 333 g/mol. The normalized spacial score (nSPS) is 12.2. The van der Waals surface area contributed by atoms with Crippen LogP contribution in [-0.4, -0.2) is 12.5 Å². The molecule has 24 heavy (non-hydrogen) atoms. The van der Waals surface area contributed by atoms with Gasteiger partial charge in [-0.2, -0.15) is 0 Å². The van der Waals surface area contributed by atoms with E-state index in [9.17, 15) is 13.6 Å². The Bertz CT molecular complexity index is 699. The number of anilines is 1. The molecule has 0 aromatic heterocycles. The van der Waals surface area contributed by atoms with E-state index in [-0.39, 0.29) is 35.9 Å². The maximum Gasteiger partial charge on any atom is 0.279 e. The number of rotatable bonds is 6. The number of nitrogens with two attached hydrogens (primary N) is 1. The molecule has 0 aliphatic carbocycles. The van der Waals surface area contributed by atoms with Gasteiger partial charge in [-0.1, -0.05) is 32.0 Å². The second-order valence-corrected chi connectivity index (χ2v) is 6.29. The number of hydrogen-bond acceptors (Lipinski definition) is 1. The third kappa shape index (κ3) is 4.86. The number of carbonyl (C=O) groups excluding carboxylic acids is 1. The van der Waals surface area contributed by atoms with Gasteiger partial charge in [0.25, 0.3) is 5.91 Å². The van der Waals surface area contributed by atoms with E-state index in [0.717, 1.165) is 11.1 Å². The van der Waals surface area contributed by atoms with Crippen molar-refractivity contribution in [2.75, 3.05) is 11.9 Å². The van der Waals surface area contributed by atoms with Gasteiger partial charge in [0.2, 0.25) is 0 Å². The van der Waals surface area contributed by atoms with E-state index in [1.807, 2.05) is 19.2 Å². The molecule has 1 atom stereocenters. The van der Waals surface area contributed by atoms with Gasteiger partial charge in [-0.15, -0.1) is 0 Å². The van der Waals surface area contributed by atoms with Gasteiger partial charge in [0.1, 0.15) is 17.7 Å². The Morgan fingerprint density at radius 3 is 2.38 bits per heavy atom. The molecular formula is C19H23F2N2O+. The van der Waals surface area contributed by atoms with Crippen LogP contribution in [0.25, 0.3) is 0 Å². The Kier molecular flexibility index (Phi) is 6.04. The van der Waals surface area contributed by atoms with E-state index in [4.69, 9.17) is 0 Å². The minimum atomic E-state index is -0.442. The molecule has 0 bridgehead atoms. The topological polar surface area (TPSA) is 45.7 Å².